The number of hydrogen-bond donors (Lipinski definition) is 1. The largest absolute Gasteiger partial charge is 0.409 e. The lowest BCUT2D eigenvalue weighted by atomic mass is 9.94. The number of nitrogens with zero attached hydrogens (tertiary/aromatic N) is 2. The van der Waals surface area contributed by atoms with E-state index in [1.54, 1.807) is 19.0 Å². The predicted octanol–water partition coefficient (Wildman–Crippen LogP) is 4.72. The van der Waals surface area contributed by atoms with Crippen LogP contribution < -0.4 is 0 Å². The Bertz CT molecular complexity index is 590. The number of amidine groups is 1. The molecule has 1 aromatic rings. The van der Waals surface area contributed by atoms with Gasteiger partial charge >= 0.3 is 10.2 Å². The van der Waals surface area contributed by atoms with Gasteiger partial charge in [0.05, 0.1) is 5.41 Å². The average molecular weight is 330 g/mol. The zero-order valence-electron chi connectivity index (χ0n) is 11.4. The van der Waals surface area contributed by atoms with Gasteiger partial charge in [-0.15, -0.1) is 0 Å². The molecule has 0 heterocycles. The Morgan fingerprint density at radius 3 is 1.86 bits per heavy atom. The van der Waals surface area contributed by atoms with Crippen LogP contribution in [-0.4, -0.2) is 30.0 Å². The summed E-state index contributed by atoms with van der Waals surface area (Å²) in [7, 11) is -6.37. The van der Waals surface area contributed by atoms with E-state index in [9.17, 15) is 19.4 Å². The first-order chi connectivity index (χ1) is 9.30. The molecule has 1 saturated carbocycles. The van der Waals surface area contributed by atoms with Gasteiger partial charge in [-0.2, -0.15) is 0 Å². The van der Waals surface area contributed by atoms with E-state index < -0.39 is 20.5 Å². The number of halogens is 5. The van der Waals surface area contributed by atoms with E-state index in [1.807, 2.05) is 0 Å². The van der Waals surface area contributed by atoms with Crippen molar-refractivity contribution < 1.29 is 24.6 Å². The Morgan fingerprint density at radius 2 is 1.57 bits per heavy atom. The molecule has 1 aromatic carbocycles. The molecule has 21 heavy (non-hydrogen) atoms. The fourth-order valence-electron chi connectivity index (χ4n) is 2.41. The van der Waals surface area contributed by atoms with Crippen molar-refractivity contribution in [3.63, 3.8) is 0 Å². The normalized spacial score (nSPS) is 21.4. The molecule has 1 aliphatic carbocycles. The van der Waals surface area contributed by atoms with Crippen molar-refractivity contribution in [2.24, 2.45) is 5.16 Å². The molecule has 0 saturated heterocycles. The van der Waals surface area contributed by atoms with Crippen LogP contribution in [0.4, 0.5) is 19.4 Å². The minimum atomic E-state index is -9.65. The Balaban J connectivity index is 2.42. The van der Waals surface area contributed by atoms with Gasteiger partial charge in [-0.1, -0.05) is 36.7 Å². The Labute approximate surface area is 118 Å². The summed E-state index contributed by atoms with van der Waals surface area (Å²) in [5.74, 6) is 0.294. The third-order valence-corrected chi connectivity index (χ3v) is 4.71. The van der Waals surface area contributed by atoms with Crippen LogP contribution in [0, 0.1) is 0 Å². The Kier molecular flexibility index (Phi) is 2.89. The van der Waals surface area contributed by atoms with Crippen LogP contribution in [0.25, 0.3) is 0 Å². The molecule has 0 unspecified atom stereocenters. The van der Waals surface area contributed by atoms with Crippen LogP contribution in [0.1, 0.15) is 18.4 Å². The predicted molar refractivity (Wildman–Crippen MR) is 71.7 cm³/mol. The SMILES string of the molecule is CN(C)/C(=N\O)C1(c2ccc(S(F)(F)(F)(F)F)cc2)CC1. The first-order valence-electron chi connectivity index (χ1n) is 6.05. The molecule has 0 aliphatic heterocycles. The third-order valence-electron chi connectivity index (χ3n) is 3.55. The van der Waals surface area contributed by atoms with Gasteiger partial charge in [-0.25, -0.2) is 0 Å². The van der Waals surface area contributed by atoms with Gasteiger partial charge in [0.1, 0.15) is 4.90 Å². The smallest absolute Gasteiger partial charge is 0.310 e. The maximum absolute atomic E-state index is 12.7. The van der Waals surface area contributed by atoms with Crippen LogP contribution in [0.2, 0.25) is 0 Å². The van der Waals surface area contributed by atoms with Crippen molar-refractivity contribution >= 4 is 16.1 Å². The van der Waals surface area contributed by atoms with Crippen molar-refractivity contribution in [3.8, 4) is 0 Å². The summed E-state index contributed by atoms with van der Waals surface area (Å²) in [5, 5.41) is 12.2. The summed E-state index contributed by atoms with van der Waals surface area (Å²) in [6.07, 6.45) is 1.17. The topological polar surface area (TPSA) is 35.8 Å². The highest BCUT2D eigenvalue weighted by Gasteiger charge is 2.65. The van der Waals surface area contributed by atoms with E-state index in [0.29, 0.717) is 36.4 Å². The molecule has 0 atom stereocenters. The molecule has 1 N–H and O–H groups in total. The van der Waals surface area contributed by atoms with Crippen molar-refractivity contribution in [3.05, 3.63) is 29.8 Å². The first-order valence-corrected chi connectivity index (χ1v) is 8.00. The van der Waals surface area contributed by atoms with Gasteiger partial charge in [0.15, 0.2) is 5.84 Å². The minimum Gasteiger partial charge on any atom is -0.409 e. The summed E-state index contributed by atoms with van der Waals surface area (Å²) < 4.78 is 63.4. The quantitative estimate of drug-likeness (QED) is 0.286. The van der Waals surface area contributed by atoms with Crippen molar-refractivity contribution in [2.75, 3.05) is 14.1 Å². The van der Waals surface area contributed by atoms with E-state index in [-0.39, 0.29) is 0 Å². The standard InChI is InChI=1S/C12H15F5N2OS/c1-19(2)11(18-20)12(7-8-12)9-3-5-10(6-4-9)21(13,14,15,16)17/h3-6,20H,7-8H2,1-2H3/b18-11-. The van der Waals surface area contributed by atoms with Gasteiger partial charge < -0.3 is 10.1 Å². The van der Waals surface area contributed by atoms with Crippen LogP contribution in [0.5, 0.6) is 0 Å². The second kappa shape index (κ2) is 3.82. The van der Waals surface area contributed by atoms with Gasteiger partial charge in [0.25, 0.3) is 0 Å². The van der Waals surface area contributed by atoms with E-state index in [1.165, 1.54) is 0 Å². The zero-order valence-corrected chi connectivity index (χ0v) is 12.2. The molecule has 0 amide bonds. The molecule has 2 rings (SSSR count). The molecule has 3 nitrogen and oxygen atoms in total. The lowest BCUT2D eigenvalue weighted by Crippen LogP contribution is -2.34. The van der Waals surface area contributed by atoms with E-state index >= 15 is 0 Å². The molecule has 120 valence electrons. The Morgan fingerprint density at radius 1 is 1.10 bits per heavy atom. The third kappa shape index (κ3) is 2.92. The van der Waals surface area contributed by atoms with Crippen LogP contribution in [0.15, 0.2) is 34.3 Å². The maximum Gasteiger partial charge on any atom is 0.310 e. The van der Waals surface area contributed by atoms with Gasteiger partial charge in [0, 0.05) is 14.1 Å². The van der Waals surface area contributed by atoms with Crippen LogP contribution in [0.3, 0.4) is 0 Å². The van der Waals surface area contributed by atoms with E-state index in [0.717, 1.165) is 12.1 Å². The molecule has 9 heteroatoms. The number of oxime groups is 1. The average Bonchev–Trinajstić information content (AvgIpc) is 3.08. The van der Waals surface area contributed by atoms with E-state index in [4.69, 9.17) is 5.21 Å². The summed E-state index contributed by atoms with van der Waals surface area (Å²) in [4.78, 5) is -0.368. The second-order valence-electron chi connectivity index (χ2n) is 5.39. The molecule has 0 bridgehead atoms. The summed E-state index contributed by atoms with van der Waals surface area (Å²) in [6, 6.07) is 2.83. The minimum absolute atomic E-state index is 0.294. The van der Waals surface area contributed by atoms with Crippen molar-refractivity contribution in [2.45, 2.75) is 23.2 Å². The molecular formula is C12H15F5N2OS. The molecule has 1 aliphatic rings. The van der Waals surface area contributed by atoms with E-state index in [2.05, 4.69) is 5.16 Å². The maximum atomic E-state index is 12.7. The fourth-order valence-corrected chi connectivity index (χ4v) is 3.06. The first kappa shape index (κ1) is 15.9. The van der Waals surface area contributed by atoms with Gasteiger partial charge in [-0.05, 0) is 30.5 Å². The van der Waals surface area contributed by atoms with Crippen molar-refractivity contribution in [1.29, 1.82) is 0 Å². The number of likely N-dealkylation sites (N-methyl/N-ethyl adjacent to an activating group) is 1. The summed E-state index contributed by atoms with van der Waals surface area (Å²) in [5.41, 5.74) is -0.274. The van der Waals surface area contributed by atoms with Crippen molar-refractivity contribution in [1.82, 2.24) is 4.90 Å². The summed E-state index contributed by atoms with van der Waals surface area (Å²) >= 11 is 0. The summed E-state index contributed by atoms with van der Waals surface area (Å²) in [6.45, 7) is 0. The molecule has 0 radical (unpaired) electrons. The lowest BCUT2D eigenvalue weighted by molar-refractivity contribution is 0.305. The molecule has 1 fully saturated rings. The van der Waals surface area contributed by atoms with Crippen LogP contribution in [-0.2, 0) is 5.41 Å². The highest BCUT2D eigenvalue weighted by Crippen LogP contribution is 3.02. The number of hydrogen-bond acceptors (Lipinski definition) is 2. The highest BCUT2D eigenvalue weighted by molar-refractivity contribution is 8.45. The van der Waals surface area contributed by atoms with Gasteiger partial charge in [0.2, 0.25) is 0 Å². The van der Waals surface area contributed by atoms with Gasteiger partial charge in [-0.3, -0.25) is 0 Å². The fraction of sp³-hybridized carbons (Fsp3) is 0.417. The lowest BCUT2D eigenvalue weighted by Gasteiger charge is -2.40. The second-order valence-corrected chi connectivity index (χ2v) is 7.80. The Hall–Kier alpha value is -1.51. The molecule has 0 aromatic heterocycles. The molecule has 0 spiro atoms. The highest BCUT2D eigenvalue weighted by atomic mass is 32.5. The monoisotopic (exact) mass is 330 g/mol. The zero-order chi connectivity index (χ0) is 16.2. The van der Waals surface area contributed by atoms with Crippen LogP contribution >= 0.6 is 10.2 Å². The number of rotatable bonds is 3. The number of benzene rings is 1. The molecular weight excluding hydrogens is 315 g/mol.